The van der Waals surface area contributed by atoms with E-state index in [0.717, 1.165) is 60.9 Å². The van der Waals surface area contributed by atoms with Crippen LogP contribution in [-0.4, -0.2) is 0 Å². The third-order valence-electron chi connectivity index (χ3n) is 10.6. The van der Waals surface area contributed by atoms with Crippen molar-refractivity contribution in [3.8, 4) is 33.8 Å². The summed E-state index contributed by atoms with van der Waals surface area (Å²) in [7, 11) is 0. The lowest BCUT2D eigenvalue weighted by atomic mass is 9.91. The molecule has 0 N–H and O–H groups in total. The van der Waals surface area contributed by atoms with Gasteiger partial charge in [-0.1, -0.05) is 109 Å². The summed E-state index contributed by atoms with van der Waals surface area (Å²) in [4.78, 5) is 2.27. The molecule has 1 aliphatic rings. The van der Waals surface area contributed by atoms with Crippen molar-refractivity contribution < 1.29 is 18.7 Å². The summed E-state index contributed by atoms with van der Waals surface area (Å²) in [6.07, 6.45) is 0. The van der Waals surface area contributed by atoms with Crippen molar-refractivity contribution in [3.63, 3.8) is 0 Å². The van der Waals surface area contributed by atoms with E-state index in [1.165, 1.54) is 20.2 Å². The van der Waals surface area contributed by atoms with Crippen molar-refractivity contribution in [3.05, 3.63) is 176 Å². The van der Waals surface area contributed by atoms with E-state index in [9.17, 15) is 0 Å². The number of rotatable bonds is 4. The molecule has 0 saturated heterocycles. The minimum atomic E-state index is -0.485. The Morgan fingerprint density at radius 3 is 2.22 bits per heavy atom. The van der Waals surface area contributed by atoms with Crippen LogP contribution in [0.5, 0.6) is 11.5 Å². The van der Waals surface area contributed by atoms with Gasteiger partial charge in [-0.05, 0) is 88.1 Å². The highest BCUT2D eigenvalue weighted by Gasteiger charge is 2.25. The fourth-order valence-corrected chi connectivity index (χ4v) is 9.27. The first-order valence-electron chi connectivity index (χ1n) is 21.2. The second-order valence-corrected chi connectivity index (χ2v) is 14.6. The number of benzene rings is 9. The molecule has 0 bridgehead atoms. The van der Waals surface area contributed by atoms with E-state index in [1.807, 2.05) is 36.4 Å². The first-order valence-corrected chi connectivity index (χ1v) is 18.5. The van der Waals surface area contributed by atoms with E-state index < -0.39 is 30.2 Å². The summed E-state index contributed by atoms with van der Waals surface area (Å²) in [5.74, 6) is 1.13. The maximum Gasteiger partial charge on any atom is 0.137 e. The third-order valence-corrected chi connectivity index (χ3v) is 11.7. The zero-order valence-corrected chi connectivity index (χ0v) is 29.2. The lowest BCUT2D eigenvalue weighted by Crippen LogP contribution is -2.11. The van der Waals surface area contributed by atoms with Gasteiger partial charge in [-0.15, -0.1) is 11.3 Å². The number of hydrogen-bond acceptors (Lipinski definition) is 4. The molecule has 252 valence electrons. The molecule has 3 nitrogen and oxygen atoms in total. The SMILES string of the molecule is [2H]c1c([2H])c([2H])c2c(-c3ccc4c(c3)Oc3ccc(N(c5ccc6c(c5)oc5ccccc56)c5ccc6c(c5)sc5ccccc56)c5cccc-4c35)c([2H])c([2H])c([2H])c2c1[2H]. The molecular formula is C50H29NO2S. The van der Waals surface area contributed by atoms with Crippen LogP contribution in [-0.2, 0) is 0 Å². The molecule has 2 aromatic heterocycles. The molecule has 54 heavy (non-hydrogen) atoms. The second kappa shape index (κ2) is 11.3. The summed E-state index contributed by atoms with van der Waals surface area (Å²) in [5.41, 5.74) is 6.83. The van der Waals surface area contributed by atoms with Crippen LogP contribution in [0.4, 0.5) is 17.1 Å². The monoisotopic (exact) mass is 714 g/mol. The number of thiophene rings is 1. The zero-order valence-electron chi connectivity index (χ0n) is 35.4. The van der Waals surface area contributed by atoms with Gasteiger partial charge in [0.25, 0.3) is 0 Å². The van der Waals surface area contributed by atoms with E-state index in [1.54, 1.807) is 23.5 Å². The highest BCUT2D eigenvalue weighted by molar-refractivity contribution is 7.25. The van der Waals surface area contributed by atoms with Crippen LogP contribution in [0.3, 0.4) is 0 Å². The zero-order chi connectivity index (χ0) is 41.4. The lowest BCUT2D eigenvalue weighted by Gasteiger charge is -2.29. The number of ether oxygens (including phenoxy) is 1. The fraction of sp³-hybridized carbons (Fsp3) is 0. The third kappa shape index (κ3) is 4.35. The van der Waals surface area contributed by atoms with E-state index in [0.29, 0.717) is 17.1 Å². The molecule has 0 saturated carbocycles. The smallest absolute Gasteiger partial charge is 0.137 e. The highest BCUT2D eigenvalue weighted by Crippen LogP contribution is 2.52. The fourth-order valence-electron chi connectivity index (χ4n) is 8.13. The molecule has 3 heterocycles. The molecule has 9 aromatic carbocycles. The maximum atomic E-state index is 8.94. The van der Waals surface area contributed by atoms with Gasteiger partial charge >= 0.3 is 0 Å². The van der Waals surface area contributed by atoms with Crippen LogP contribution >= 0.6 is 11.3 Å². The molecule has 11 aromatic rings. The maximum absolute atomic E-state index is 8.94. The molecule has 0 amide bonds. The number of hydrogen-bond donors (Lipinski definition) is 0. The topological polar surface area (TPSA) is 25.6 Å². The Balaban J connectivity index is 1.05. The average Bonchev–Trinajstić information content (AvgIpc) is 3.85. The van der Waals surface area contributed by atoms with Crippen molar-refractivity contribution in [1.29, 1.82) is 0 Å². The van der Waals surface area contributed by atoms with Gasteiger partial charge in [0.15, 0.2) is 0 Å². The predicted molar refractivity (Wildman–Crippen MR) is 227 cm³/mol. The Hall–Kier alpha value is -6.88. The van der Waals surface area contributed by atoms with E-state index >= 15 is 0 Å². The molecule has 0 radical (unpaired) electrons. The van der Waals surface area contributed by atoms with Gasteiger partial charge in [-0.2, -0.15) is 0 Å². The van der Waals surface area contributed by atoms with Gasteiger partial charge < -0.3 is 14.1 Å². The van der Waals surface area contributed by atoms with Crippen molar-refractivity contribution in [2.75, 3.05) is 4.90 Å². The first-order chi connectivity index (χ1) is 29.7. The number of anilines is 3. The van der Waals surface area contributed by atoms with E-state index in [4.69, 9.17) is 18.7 Å². The van der Waals surface area contributed by atoms with Gasteiger partial charge in [-0.3, -0.25) is 0 Å². The average molecular weight is 715 g/mol. The Bertz CT molecular complexity index is 3620. The number of para-hydroxylation sites is 1. The molecule has 1 aliphatic heterocycles. The minimum absolute atomic E-state index is 0.0367. The summed E-state index contributed by atoms with van der Waals surface area (Å²) < 4.78 is 75.7. The molecule has 0 atom stereocenters. The molecule has 12 rings (SSSR count). The van der Waals surface area contributed by atoms with Crippen molar-refractivity contribution in [2.45, 2.75) is 0 Å². The molecule has 0 aliphatic carbocycles. The molecule has 0 unspecified atom stereocenters. The normalized spacial score (nSPS) is 14.0. The summed E-state index contributed by atoms with van der Waals surface area (Å²) in [6.45, 7) is 0. The van der Waals surface area contributed by atoms with Crippen molar-refractivity contribution >= 4 is 92.1 Å². The largest absolute Gasteiger partial charge is 0.456 e. The van der Waals surface area contributed by atoms with Crippen LogP contribution in [0.15, 0.2) is 180 Å². The standard InChI is InChI=1S/C50H29NO2S/c1-2-11-34-30(9-1)10-7-14-35(34)31-19-22-38-41-15-8-16-42-43(25-26-45(50(41)42)53-46(38)27-31)51(32-20-23-37-36-12-3-5-17-44(36)52-47(37)28-32)33-21-24-40-39-13-4-6-18-48(39)54-49(40)29-33/h1-29H/i1D,2D,7D,9D,10D,11D,14D. The highest BCUT2D eigenvalue weighted by atomic mass is 32.1. The molecular weight excluding hydrogens is 679 g/mol. The Labute approximate surface area is 324 Å². The van der Waals surface area contributed by atoms with Crippen LogP contribution in [0.1, 0.15) is 9.60 Å². The molecule has 0 fully saturated rings. The summed E-state index contributed by atoms with van der Waals surface area (Å²) in [6, 6.07) is 42.4. The predicted octanol–water partition coefficient (Wildman–Crippen LogP) is 15.2. The van der Waals surface area contributed by atoms with Gasteiger partial charge in [0.05, 0.1) is 15.3 Å². The van der Waals surface area contributed by atoms with Crippen molar-refractivity contribution in [2.24, 2.45) is 0 Å². The summed E-state index contributed by atoms with van der Waals surface area (Å²) >= 11 is 1.77. The number of furan rings is 1. The van der Waals surface area contributed by atoms with Crippen LogP contribution in [0.25, 0.3) is 85.9 Å². The van der Waals surface area contributed by atoms with Gasteiger partial charge in [0, 0.05) is 64.7 Å². The lowest BCUT2D eigenvalue weighted by molar-refractivity contribution is 0.487. The van der Waals surface area contributed by atoms with Gasteiger partial charge in [-0.25, -0.2) is 0 Å². The van der Waals surface area contributed by atoms with E-state index in [-0.39, 0.29) is 28.4 Å². The van der Waals surface area contributed by atoms with Crippen LogP contribution in [0, 0.1) is 0 Å². The second-order valence-electron chi connectivity index (χ2n) is 13.5. The molecule has 4 heteroatoms. The Kier molecular flexibility index (Phi) is 4.95. The number of nitrogens with zero attached hydrogens (tertiary/aromatic N) is 1. The van der Waals surface area contributed by atoms with Gasteiger partial charge in [0.2, 0.25) is 0 Å². The van der Waals surface area contributed by atoms with Crippen LogP contribution in [0.2, 0.25) is 0 Å². The quantitative estimate of drug-likeness (QED) is 0.181. The van der Waals surface area contributed by atoms with E-state index in [2.05, 4.69) is 89.8 Å². The minimum Gasteiger partial charge on any atom is -0.456 e. The first kappa shape index (κ1) is 23.6. The van der Waals surface area contributed by atoms with Gasteiger partial charge in [0.1, 0.15) is 22.7 Å². The van der Waals surface area contributed by atoms with Crippen LogP contribution < -0.4 is 9.64 Å². The Morgan fingerprint density at radius 2 is 1.26 bits per heavy atom. The summed E-state index contributed by atoms with van der Waals surface area (Å²) in [5, 5.41) is 6.38. The number of fused-ring (bicyclic) bond motifs is 9. The molecule has 0 spiro atoms. The van der Waals surface area contributed by atoms with Crippen molar-refractivity contribution in [1.82, 2.24) is 0 Å². The Morgan fingerprint density at radius 1 is 0.481 bits per heavy atom.